The Hall–Kier alpha value is -4.50. The Morgan fingerprint density at radius 3 is 2.42 bits per heavy atom. The molecule has 0 radical (unpaired) electrons. The number of carbonyl (C=O) groups is 2. The zero-order chi connectivity index (χ0) is 27.4. The average Bonchev–Trinajstić information content (AvgIpc) is 3.15. The van der Waals surface area contributed by atoms with Crippen LogP contribution in [0.25, 0.3) is 5.76 Å². The van der Waals surface area contributed by atoms with Gasteiger partial charge in [-0.05, 0) is 56.4 Å². The van der Waals surface area contributed by atoms with Gasteiger partial charge in [-0.3, -0.25) is 19.7 Å². The maximum absolute atomic E-state index is 13.2. The van der Waals surface area contributed by atoms with Crippen LogP contribution in [0.1, 0.15) is 28.3 Å². The number of nitrogens with zero attached hydrogens (tertiary/aromatic N) is 3. The molecule has 1 amide bonds. The Bertz CT molecular complexity index is 1400. The van der Waals surface area contributed by atoms with Gasteiger partial charge in [-0.25, -0.2) is 0 Å². The molecule has 0 aliphatic carbocycles. The molecule has 1 saturated heterocycles. The number of nitro groups is 1. The fourth-order valence-electron chi connectivity index (χ4n) is 4.41. The number of aliphatic hydroxyl groups excluding tert-OH is 1. The molecule has 0 saturated carbocycles. The number of Topliss-reactive ketones (excluding diaryl/α,β-unsaturated/α-hetero) is 1. The highest BCUT2D eigenvalue weighted by atomic mass is 16.6. The number of nitro benzene ring substituents is 1. The molecular formula is C29H29N3O6. The van der Waals surface area contributed by atoms with E-state index in [1.165, 1.54) is 23.1 Å². The molecule has 4 rings (SSSR count). The van der Waals surface area contributed by atoms with Crippen LogP contribution in [0.4, 0.5) is 5.69 Å². The summed E-state index contributed by atoms with van der Waals surface area (Å²) in [4.78, 5) is 40.3. The van der Waals surface area contributed by atoms with E-state index in [1.54, 1.807) is 30.3 Å². The second-order valence-corrected chi connectivity index (χ2v) is 9.45. The second-order valence-electron chi connectivity index (χ2n) is 9.45. The number of aryl methyl sites for hydroxylation is 1. The van der Waals surface area contributed by atoms with E-state index in [2.05, 4.69) is 0 Å². The van der Waals surface area contributed by atoms with E-state index in [9.17, 15) is 24.8 Å². The predicted molar refractivity (Wildman–Crippen MR) is 143 cm³/mol. The Morgan fingerprint density at radius 2 is 1.76 bits per heavy atom. The third-order valence-corrected chi connectivity index (χ3v) is 6.34. The summed E-state index contributed by atoms with van der Waals surface area (Å²) in [5.41, 5.74) is 2.57. The van der Waals surface area contributed by atoms with E-state index in [4.69, 9.17) is 4.74 Å². The Labute approximate surface area is 220 Å². The van der Waals surface area contributed by atoms with Gasteiger partial charge in [-0.15, -0.1) is 0 Å². The standard InChI is InChI=1S/C29H29N3O6/c1-19-6-4-7-20(16-19)18-38-24-12-10-21(11-13-24)27(33)25-26(22-8-5-9-23(17-22)32(36)37)31(15-14-30(2)3)29(35)28(25)34/h4-13,16-17,26,33H,14-15,18H2,1-3H3/b27-25+. The molecule has 1 unspecified atom stereocenters. The summed E-state index contributed by atoms with van der Waals surface area (Å²) in [6, 6.07) is 19.4. The first kappa shape index (κ1) is 26.6. The van der Waals surface area contributed by atoms with Gasteiger partial charge in [0.25, 0.3) is 17.4 Å². The predicted octanol–water partition coefficient (Wildman–Crippen LogP) is 4.47. The van der Waals surface area contributed by atoms with Crippen LogP contribution >= 0.6 is 0 Å². The fourth-order valence-corrected chi connectivity index (χ4v) is 4.41. The van der Waals surface area contributed by atoms with Gasteiger partial charge >= 0.3 is 0 Å². The number of likely N-dealkylation sites (N-methyl/N-ethyl adjacent to an activating group) is 1. The van der Waals surface area contributed by atoms with E-state index in [0.717, 1.165) is 11.1 Å². The lowest BCUT2D eigenvalue weighted by molar-refractivity contribution is -0.384. The first-order valence-corrected chi connectivity index (χ1v) is 12.1. The average molecular weight is 516 g/mol. The number of carbonyl (C=O) groups excluding carboxylic acids is 2. The Kier molecular flexibility index (Phi) is 7.87. The largest absolute Gasteiger partial charge is 0.507 e. The van der Waals surface area contributed by atoms with Crippen LogP contribution in [-0.4, -0.2) is 58.7 Å². The first-order chi connectivity index (χ1) is 18.2. The van der Waals surface area contributed by atoms with Gasteiger partial charge in [0, 0.05) is 30.8 Å². The molecule has 1 fully saturated rings. The quantitative estimate of drug-likeness (QED) is 0.147. The number of likely N-dealkylation sites (tertiary alicyclic amines) is 1. The number of non-ortho nitro benzene ring substituents is 1. The van der Waals surface area contributed by atoms with Crippen molar-refractivity contribution in [2.24, 2.45) is 0 Å². The molecule has 38 heavy (non-hydrogen) atoms. The number of hydrogen-bond acceptors (Lipinski definition) is 7. The molecule has 1 aliphatic rings. The zero-order valence-electron chi connectivity index (χ0n) is 21.5. The summed E-state index contributed by atoms with van der Waals surface area (Å²) in [6.07, 6.45) is 0. The molecule has 1 N–H and O–H groups in total. The third-order valence-electron chi connectivity index (χ3n) is 6.34. The van der Waals surface area contributed by atoms with Crippen LogP contribution in [0, 0.1) is 17.0 Å². The van der Waals surface area contributed by atoms with Gasteiger partial charge in [-0.1, -0.05) is 42.0 Å². The molecule has 0 spiro atoms. The van der Waals surface area contributed by atoms with Gasteiger partial charge in [0.15, 0.2) is 0 Å². The minimum Gasteiger partial charge on any atom is -0.507 e. The minimum atomic E-state index is -0.966. The Balaban J connectivity index is 1.68. The number of hydrogen-bond donors (Lipinski definition) is 1. The maximum atomic E-state index is 13.2. The molecule has 1 heterocycles. The van der Waals surface area contributed by atoms with Gasteiger partial charge in [0.05, 0.1) is 16.5 Å². The highest BCUT2D eigenvalue weighted by Crippen LogP contribution is 2.40. The van der Waals surface area contributed by atoms with E-state index in [0.29, 0.717) is 30.0 Å². The van der Waals surface area contributed by atoms with E-state index < -0.39 is 22.7 Å². The summed E-state index contributed by atoms with van der Waals surface area (Å²) >= 11 is 0. The number of aliphatic hydroxyl groups is 1. The van der Waals surface area contributed by atoms with Crippen molar-refractivity contribution in [1.82, 2.24) is 9.80 Å². The maximum Gasteiger partial charge on any atom is 0.295 e. The molecule has 196 valence electrons. The SMILES string of the molecule is Cc1cccc(COc2ccc(/C(O)=C3\C(=O)C(=O)N(CCN(C)C)C3c3cccc([N+](=O)[O-])c3)cc2)c1. The molecular weight excluding hydrogens is 486 g/mol. The van der Waals surface area contributed by atoms with Crippen molar-refractivity contribution in [2.75, 3.05) is 27.2 Å². The van der Waals surface area contributed by atoms with Gasteiger partial charge in [-0.2, -0.15) is 0 Å². The van der Waals surface area contributed by atoms with Crippen molar-refractivity contribution in [3.8, 4) is 5.75 Å². The molecule has 9 heteroatoms. The topological polar surface area (TPSA) is 113 Å². The van der Waals surface area contributed by atoms with Crippen LogP contribution in [0.5, 0.6) is 5.75 Å². The summed E-state index contributed by atoms with van der Waals surface area (Å²) in [5, 5.41) is 22.6. The van der Waals surface area contributed by atoms with Gasteiger partial charge < -0.3 is 19.6 Å². The summed E-state index contributed by atoms with van der Waals surface area (Å²) in [5.74, 6) is -1.37. The van der Waals surface area contributed by atoms with Crippen LogP contribution in [0.3, 0.4) is 0 Å². The van der Waals surface area contributed by atoms with Gasteiger partial charge in [0.2, 0.25) is 0 Å². The van der Waals surface area contributed by atoms with Crippen molar-refractivity contribution in [3.63, 3.8) is 0 Å². The summed E-state index contributed by atoms with van der Waals surface area (Å²) in [6.45, 7) is 3.04. The van der Waals surface area contributed by atoms with E-state index >= 15 is 0 Å². The third kappa shape index (κ3) is 5.73. The van der Waals surface area contributed by atoms with E-state index in [1.807, 2.05) is 50.2 Å². The van der Waals surface area contributed by atoms with Crippen molar-refractivity contribution in [1.29, 1.82) is 0 Å². The molecule has 0 aromatic heterocycles. The molecule has 3 aromatic carbocycles. The van der Waals surface area contributed by atoms with E-state index in [-0.39, 0.29) is 23.6 Å². The fraction of sp³-hybridized carbons (Fsp3) is 0.241. The lowest BCUT2D eigenvalue weighted by Gasteiger charge is -2.26. The second kappa shape index (κ2) is 11.3. The van der Waals surface area contributed by atoms with Crippen LogP contribution < -0.4 is 4.74 Å². The van der Waals surface area contributed by atoms with Crippen LogP contribution in [-0.2, 0) is 16.2 Å². The van der Waals surface area contributed by atoms with Gasteiger partial charge in [0.1, 0.15) is 18.1 Å². The normalized spacial score (nSPS) is 16.7. The smallest absolute Gasteiger partial charge is 0.295 e. The highest BCUT2D eigenvalue weighted by molar-refractivity contribution is 6.46. The monoisotopic (exact) mass is 515 g/mol. The number of ether oxygens (including phenoxy) is 1. The zero-order valence-corrected chi connectivity index (χ0v) is 21.5. The summed E-state index contributed by atoms with van der Waals surface area (Å²) in [7, 11) is 3.67. The summed E-state index contributed by atoms with van der Waals surface area (Å²) < 4.78 is 5.85. The lowest BCUT2D eigenvalue weighted by Crippen LogP contribution is -2.35. The van der Waals surface area contributed by atoms with Crippen molar-refractivity contribution in [2.45, 2.75) is 19.6 Å². The number of benzene rings is 3. The molecule has 9 nitrogen and oxygen atoms in total. The van der Waals surface area contributed by atoms with Crippen molar-refractivity contribution < 1.29 is 24.4 Å². The minimum absolute atomic E-state index is 0.109. The van der Waals surface area contributed by atoms with Crippen molar-refractivity contribution >= 4 is 23.1 Å². The molecule has 0 bridgehead atoms. The number of rotatable bonds is 9. The number of amides is 1. The Morgan fingerprint density at radius 1 is 1.05 bits per heavy atom. The first-order valence-electron chi connectivity index (χ1n) is 12.1. The van der Waals surface area contributed by atoms with Crippen molar-refractivity contribution in [3.05, 3.63) is 111 Å². The number of ketones is 1. The molecule has 1 aliphatic heterocycles. The van der Waals surface area contributed by atoms with Crippen LogP contribution in [0.15, 0.2) is 78.4 Å². The molecule has 3 aromatic rings. The molecule has 1 atom stereocenters. The lowest BCUT2D eigenvalue weighted by atomic mass is 9.95. The highest BCUT2D eigenvalue weighted by Gasteiger charge is 2.46. The van der Waals surface area contributed by atoms with Crippen LogP contribution in [0.2, 0.25) is 0 Å².